The van der Waals surface area contributed by atoms with Crippen LogP contribution in [0.2, 0.25) is 0 Å². The van der Waals surface area contributed by atoms with Gasteiger partial charge < -0.3 is 14.7 Å². The molecule has 1 aromatic heterocycles. The molecule has 0 fully saturated rings. The third-order valence-corrected chi connectivity index (χ3v) is 5.13. The summed E-state index contributed by atoms with van der Waals surface area (Å²) in [6.45, 7) is 1.64. The summed E-state index contributed by atoms with van der Waals surface area (Å²) in [5, 5.41) is 6.76. The average molecular weight is 380 g/mol. The first kappa shape index (κ1) is 17.3. The van der Waals surface area contributed by atoms with Gasteiger partial charge in [-0.2, -0.15) is 4.98 Å². The lowest BCUT2D eigenvalue weighted by Crippen LogP contribution is -2.41. The van der Waals surface area contributed by atoms with Crippen LogP contribution in [-0.4, -0.2) is 34.3 Å². The van der Waals surface area contributed by atoms with Crippen LogP contribution in [0.25, 0.3) is 11.4 Å². The van der Waals surface area contributed by atoms with E-state index in [1.807, 2.05) is 36.4 Å². The number of carbonyl (C=O) groups is 2. The maximum Gasteiger partial charge on any atom is 0.244 e. The van der Waals surface area contributed by atoms with Gasteiger partial charge in [-0.1, -0.05) is 29.4 Å². The number of aryl methyl sites for hydroxylation is 1. The monoisotopic (exact) mass is 380 g/mol. The SMILES string of the molecule is Cc1nc(-c2ccccc2NC(=O)CN2C(=O)CSc3ccccc32)no1. The molecular weight excluding hydrogens is 364 g/mol. The van der Waals surface area contributed by atoms with Crippen LogP contribution in [-0.2, 0) is 9.59 Å². The molecule has 0 unspecified atom stereocenters. The summed E-state index contributed by atoms with van der Waals surface area (Å²) in [6, 6.07) is 14.8. The van der Waals surface area contributed by atoms with E-state index in [0.717, 1.165) is 10.6 Å². The van der Waals surface area contributed by atoms with Crippen molar-refractivity contribution < 1.29 is 14.1 Å². The minimum atomic E-state index is -0.294. The number of fused-ring (bicyclic) bond motifs is 1. The summed E-state index contributed by atoms with van der Waals surface area (Å²) in [7, 11) is 0. The van der Waals surface area contributed by atoms with Gasteiger partial charge in [0.1, 0.15) is 6.54 Å². The Morgan fingerprint density at radius 2 is 2.00 bits per heavy atom. The molecule has 0 saturated heterocycles. The largest absolute Gasteiger partial charge is 0.339 e. The van der Waals surface area contributed by atoms with Crippen molar-refractivity contribution in [1.82, 2.24) is 10.1 Å². The second-order valence-corrected chi connectivity index (χ2v) is 6.98. The van der Waals surface area contributed by atoms with Crippen molar-refractivity contribution >= 4 is 35.0 Å². The lowest BCUT2D eigenvalue weighted by molar-refractivity contribution is -0.120. The van der Waals surface area contributed by atoms with Crippen LogP contribution in [0.4, 0.5) is 11.4 Å². The number of hydrogen-bond acceptors (Lipinski definition) is 6. The molecule has 1 N–H and O–H groups in total. The quantitative estimate of drug-likeness (QED) is 0.748. The topological polar surface area (TPSA) is 88.3 Å². The van der Waals surface area contributed by atoms with Crippen LogP contribution < -0.4 is 10.2 Å². The Balaban J connectivity index is 1.55. The first-order valence-electron chi connectivity index (χ1n) is 8.33. The summed E-state index contributed by atoms with van der Waals surface area (Å²) in [6.07, 6.45) is 0. The molecule has 7 nitrogen and oxygen atoms in total. The van der Waals surface area contributed by atoms with Crippen LogP contribution in [0.15, 0.2) is 57.9 Å². The molecule has 2 amide bonds. The molecule has 0 saturated carbocycles. The molecule has 8 heteroatoms. The number of rotatable bonds is 4. The highest BCUT2D eigenvalue weighted by Gasteiger charge is 2.26. The second-order valence-electron chi connectivity index (χ2n) is 5.97. The van der Waals surface area contributed by atoms with E-state index in [2.05, 4.69) is 15.5 Å². The molecular formula is C19H16N4O3S. The fourth-order valence-electron chi connectivity index (χ4n) is 2.86. The van der Waals surface area contributed by atoms with E-state index < -0.39 is 0 Å². The maximum atomic E-state index is 12.6. The number of nitrogens with zero attached hydrogens (tertiary/aromatic N) is 3. The molecule has 27 heavy (non-hydrogen) atoms. The van der Waals surface area contributed by atoms with Crippen molar-refractivity contribution in [2.75, 3.05) is 22.5 Å². The second kappa shape index (κ2) is 7.24. The van der Waals surface area contributed by atoms with Crippen molar-refractivity contribution in [2.24, 2.45) is 0 Å². The Kier molecular flexibility index (Phi) is 4.64. The highest BCUT2D eigenvalue weighted by molar-refractivity contribution is 8.00. The predicted molar refractivity (Wildman–Crippen MR) is 103 cm³/mol. The number of thioether (sulfide) groups is 1. The van der Waals surface area contributed by atoms with Crippen LogP contribution >= 0.6 is 11.8 Å². The van der Waals surface area contributed by atoms with Crippen LogP contribution in [0, 0.1) is 6.92 Å². The first-order chi connectivity index (χ1) is 13.1. The molecule has 0 spiro atoms. The molecule has 0 radical (unpaired) electrons. The van der Waals surface area contributed by atoms with Gasteiger partial charge in [-0.05, 0) is 24.3 Å². The van der Waals surface area contributed by atoms with Gasteiger partial charge in [0.15, 0.2) is 0 Å². The molecule has 4 rings (SSSR count). The Labute approximate surface area is 159 Å². The van der Waals surface area contributed by atoms with E-state index in [1.54, 1.807) is 19.1 Å². The van der Waals surface area contributed by atoms with Gasteiger partial charge in [0.25, 0.3) is 0 Å². The Morgan fingerprint density at radius 3 is 2.81 bits per heavy atom. The molecule has 0 bridgehead atoms. The fourth-order valence-corrected chi connectivity index (χ4v) is 3.79. The van der Waals surface area contributed by atoms with Gasteiger partial charge in [-0.3, -0.25) is 9.59 Å². The summed E-state index contributed by atoms with van der Waals surface area (Å²) in [5.74, 6) is 0.787. The lowest BCUT2D eigenvalue weighted by atomic mass is 10.1. The molecule has 2 heterocycles. The number of para-hydroxylation sites is 2. The third kappa shape index (κ3) is 3.56. The maximum absolute atomic E-state index is 12.6. The fraction of sp³-hybridized carbons (Fsp3) is 0.158. The third-order valence-electron chi connectivity index (χ3n) is 4.08. The molecule has 1 aliphatic rings. The molecule has 0 aliphatic carbocycles. The van der Waals surface area contributed by atoms with Gasteiger partial charge in [0.2, 0.25) is 23.5 Å². The zero-order valence-electron chi connectivity index (χ0n) is 14.5. The van der Waals surface area contributed by atoms with Crippen LogP contribution in [0.5, 0.6) is 0 Å². The van der Waals surface area contributed by atoms with E-state index in [1.165, 1.54) is 16.7 Å². The lowest BCUT2D eigenvalue weighted by Gasteiger charge is -2.28. The number of amides is 2. The van der Waals surface area contributed by atoms with E-state index in [4.69, 9.17) is 4.52 Å². The Morgan fingerprint density at radius 1 is 1.22 bits per heavy atom. The number of nitrogens with one attached hydrogen (secondary N) is 1. The standard InChI is InChI=1S/C19H16N4O3S/c1-12-20-19(22-26-12)13-6-2-3-7-14(13)21-17(24)10-23-15-8-4-5-9-16(15)27-11-18(23)25/h2-9H,10-11H2,1H3,(H,21,24). The van der Waals surface area contributed by atoms with Gasteiger partial charge in [0.05, 0.1) is 17.1 Å². The van der Waals surface area contributed by atoms with Gasteiger partial charge in [-0.25, -0.2) is 0 Å². The number of benzene rings is 2. The van der Waals surface area contributed by atoms with Crippen LogP contribution in [0.3, 0.4) is 0 Å². The molecule has 0 atom stereocenters. The number of anilines is 2. The van der Waals surface area contributed by atoms with Gasteiger partial charge >= 0.3 is 0 Å². The number of hydrogen-bond donors (Lipinski definition) is 1. The highest BCUT2D eigenvalue weighted by Crippen LogP contribution is 2.34. The zero-order chi connectivity index (χ0) is 18.8. The molecule has 1 aliphatic heterocycles. The summed E-state index contributed by atoms with van der Waals surface area (Å²) in [4.78, 5) is 31.7. The highest BCUT2D eigenvalue weighted by atomic mass is 32.2. The van der Waals surface area contributed by atoms with Gasteiger partial charge in [0, 0.05) is 17.4 Å². The predicted octanol–water partition coefficient (Wildman–Crippen LogP) is 3.12. The van der Waals surface area contributed by atoms with Crippen LogP contribution in [0.1, 0.15) is 5.89 Å². The van der Waals surface area contributed by atoms with Crippen molar-refractivity contribution in [2.45, 2.75) is 11.8 Å². The average Bonchev–Trinajstić information content (AvgIpc) is 3.11. The summed E-state index contributed by atoms with van der Waals surface area (Å²) >= 11 is 1.48. The molecule has 3 aromatic rings. The normalized spacial score (nSPS) is 13.4. The van der Waals surface area contributed by atoms with E-state index >= 15 is 0 Å². The molecule has 136 valence electrons. The van der Waals surface area contributed by atoms with Crippen molar-refractivity contribution in [1.29, 1.82) is 0 Å². The van der Waals surface area contributed by atoms with E-state index in [0.29, 0.717) is 28.7 Å². The molecule has 2 aromatic carbocycles. The number of carbonyl (C=O) groups excluding carboxylic acids is 2. The Hall–Kier alpha value is -3.13. The summed E-state index contributed by atoms with van der Waals surface area (Å²) < 4.78 is 5.02. The van der Waals surface area contributed by atoms with E-state index in [-0.39, 0.29) is 18.4 Å². The van der Waals surface area contributed by atoms with Crippen molar-refractivity contribution in [3.63, 3.8) is 0 Å². The minimum Gasteiger partial charge on any atom is -0.339 e. The Bertz CT molecular complexity index is 1020. The smallest absolute Gasteiger partial charge is 0.244 e. The minimum absolute atomic E-state index is 0.0595. The van der Waals surface area contributed by atoms with E-state index in [9.17, 15) is 9.59 Å². The first-order valence-corrected chi connectivity index (χ1v) is 9.32. The zero-order valence-corrected chi connectivity index (χ0v) is 15.3. The van der Waals surface area contributed by atoms with Gasteiger partial charge in [-0.15, -0.1) is 11.8 Å². The van der Waals surface area contributed by atoms with Crippen molar-refractivity contribution in [3.05, 3.63) is 54.4 Å². The summed E-state index contributed by atoms with van der Waals surface area (Å²) in [5.41, 5.74) is 1.98. The number of aromatic nitrogens is 2. The van der Waals surface area contributed by atoms with Crippen molar-refractivity contribution in [3.8, 4) is 11.4 Å².